The predicted octanol–water partition coefficient (Wildman–Crippen LogP) is -0.507. The third-order valence-electron chi connectivity index (χ3n) is 0.894. The van der Waals surface area contributed by atoms with Gasteiger partial charge in [-0.15, -0.1) is 0 Å². The molecule has 0 bridgehead atoms. The number of hydrogen-bond acceptors (Lipinski definition) is 8. The van der Waals surface area contributed by atoms with Crippen LogP contribution in [0, 0.1) is 0 Å². The first-order valence-corrected chi connectivity index (χ1v) is 6.01. The summed E-state index contributed by atoms with van der Waals surface area (Å²) < 4.78 is 35.4. The second kappa shape index (κ2) is 10.0. The molecule has 0 aliphatic rings. The van der Waals surface area contributed by atoms with Crippen molar-refractivity contribution >= 4 is 15.6 Å². The van der Waals surface area contributed by atoms with Crippen molar-refractivity contribution in [2.24, 2.45) is 0 Å². The SMILES string of the molecule is COP(=O)([O-])OC.COP(=O)([O-])OC.[Zn+2]. The Kier molecular flexibility index (Phi) is 14.1. The Morgan fingerprint density at radius 3 is 0.867 bits per heavy atom. The molecular weight excluding hydrogens is 303 g/mol. The maximum Gasteiger partial charge on any atom is 2.00 e. The van der Waals surface area contributed by atoms with Crippen LogP contribution in [0.3, 0.4) is 0 Å². The van der Waals surface area contributed by atoms with Gasteiger partial charge in [0.1, 0.15) is 0 Å². The maximum atomic E-state index is 9.95. The van der Waals surface area contributed by atoms with Crippen molar-refractivity contribution in [3.8, 4) is 0 Å². The fraction of sp³-hybridized carbons (Fsp3) is 1.00. The van der Waals surface area contributed by atoms with Gasteiger partial charge >= 0.3 is 19.5 Å². The molecule has 8 nitrogen and oxygen atoms in total. The molecule has 0 heterocycles. The summed E-state index contributed by atoms with van der Waals surface area (Å²) in [6.45, 7) is 0. The van der Waals surface area contributed by atoms with E-state index in [0.717, 1.165) is 28.4 Å². The molecule has 88 valence electrons. The summed E-state index contributed by atoms with van der Waals surface area (Å²) in [5, 5.41) is 0. The van der Waals surface area contributed by atoms with E-state index >= 15 is 0 Å². The van der Waals surface area contributed by atoms with Crippen molar-refractivity contribution in [1.29, 1.82) is 0 Å². The van der Waals surface area contributed by atoms with Crippen LogP contribution in [0.25, 0.3) is 0 Å². The zero-order valence-electron chi connectivity index (χ0n) is 8.87. The van der Waals surface area contributed by atoms with Gasteiger partial charge in [0.05, 0.1) is 0 Å². The number of hydrogen-bond donors (Lipinski definition) is 0. The van der Waals surface area contributed by atoms with Crippen LogP contribution in [0.15, 0.2) is 0 Å². The van der Waals surface area contributed by atoms with Crippen LogP contribution >= 0.6 is 15.6 Å². The summed E-state index contributed by atoms with van der Waals surface area (Å²) >= 11 is 0. The summed E-state index contributed by atoms with van der Waals surface area (Å²) in [6.07, 6.45) is 0. The first-order valence-electron chi connectivity index (χ1n) is 3.09. The first kappa shape index (κ1) is 21.2. The molecule has 0 radical (unpaired) electrons. The van der Waals surface area contributed by atoms with Gasteiger partial charge in [-0.1, -0.05) is 0 Å². The largest absolute Gasteiger partial charge is 2.00 e. The molecule has 0 N–H and O–H groups in total. The Bertz CT molecular complexity index is 193. The van der Waals surface area contributed by atoms with E-state index in [9.17, 15) is 18.9 Å². The molecule has 0 aromatic heterocycles. The van der Waals surface area contributed by atoms with Crippen molar-refractivity contribution in [3.63, 3.8) is 0 Å². The van der Waals surface area contributed by atoms with Crippen LogP contribution < -0.4 is 9.79 Å². The average Bonchev–Trinajstić information content (AvgIpc) is 2.19. The van der Waals surface area contributed by atoms with Gasteiger partial charge in [0, 0.05) is 28.4 Å². The van der Waals surface area contributed by atoms with Crippen LogP contribution in [0.4, 0.5) is 0 Å². The summed E-state index contributed by atoms with van der Waals surface area (Å²) in [7, 11) is -3.65. The summed E-state index contributed by atoms with van der Waals surface area (Å²) in [4.78, 5) is 19.9. The number of rotatable bonds is 4. The Balaban J connectivity index is -0.000000180. The van der Waals surface area contributed by atoms with Crippen LogP contribution in [0.1, 0.15) is 0 Å². The second-order valence-electron chi connectivity index (χ2n) is 1.62. The number of phosphoric ester groups is 2. The summed E-state index contributed by atoms with van der Waals surface area (Å²) in [5.41, 5.74) is 0. The molecule has 0 amide bonds. The fourth-order valence-corrected chi connectivity index (χ4v) is 0.447. The van der Waals surface area contributed by atoms with Gasteiger partial charge in [-0.2, -0.15) is 0 Å². The molecule has 0 aliphatic heterocycles. The number of phosphoric acid groups is 2. The van der Waals surface area contributed by atoms with Crippen LogP contribution in [-0.2, 0) is 46.7 Å². The molecule has 0 aromatic carbocycles. The van der Waals surface area contributed by atoms with E-state index < -0.39 is 15.6 Å². The molecule has 0 saturated heterocycles. The summed E-state index contributed by atoms with van der Waals surface area (Å²) in [5.74, 6) is 0. The van der Waals surface area contributed by atoms with E-state index in [4.69, 9.17) is 0 Å². The van der Waals surface area contributed by atoms with Gasteiger partial charge in [0.25, 0.3) is 15.6 Å². The minimum atomic E-state index is -3.90. The standard InChI is InChI=1S/2C2H7O4P.Zn/c2*1-5-7(3,4)6-2;/h2*1-2H3,(H,3,4);/q;;+2/p-2. The normalized spacial score (nSPS) is 11.1. The van der Waals surface area contributed by atoms with E-state index in [2.05, 4.69) is 18.1 Å². The Labute approximate surface area is 101 Å². The average molecular weight is 315 g/mol. The van der Waals surface area contributed by atoms with E-state index in [-0.39, 0.29) is 19.5 Å². The summed E-state index contributed by atoms with van der Waals surface area (Å²) in [6, 6.07) is 0. The first-order chi connectivity index (χ1) is 6.24. The Morgan fingerprint density at radius 2 is 0.867 bits per heavy atom. The second-order valence-corrected chi connectivity index (χ2v) is 4.87. The van der Waals surface area contributed by atoms with Gasteiger partial charge in [-0.05, 0) is 0 Å². The van der Waals surface area contributed by atoms with Crippen LogP contribution in [-0.4, -0.2) is 28.4 Å². The molecule has 0 spiro atoms. The van der Waals surface area contributed by atoms with Crippen LogP contribution in [0.5, 0.6) is 0 Å². The van der Waals surface area contributed by atoms with Gasteiger partial charge in [-0.25, -0.2) is 0 Å². The molecule has 11 heteroatoms. The van der Waals surface area contributed by atoms with E-state index in [1.165, 1.54) is 0 Å². The molecule has 0 aromatic rings. The van der Waals surface area contributed by atoms with E-state index in [1.807, 2.05) is 0 Å². The Hall–Kier alpha value is 0.843. The third-order valence-corrected chi connectivity index (χ3v) is 2.68. The van der Waals surface area contributed by atoms with Crippen molar-refractivity contribution in [3.05, 3.63) is 0 Å². The molecule has 0 saturated carbocycles. The van der Waals surface area contributed by atoms with Gasteiger partial charge in [0.2, 0.25) is 0 Å². The predicted molar refractivity (Wildman–Crippen MR) is 43.2 cm³/mol. The minimum Gasteiger partial charge on any atom is -0.756 e. The zero-order chi connectivity index (χ0) is 11.8. The van der Waals surface area contributed by atoms with Crippen LogP contribution in [0.2, 0.25) is 0 Å². The quantitative estimate of drug-likeness (QED) is 0.503. The smallest absolute Gasteiger partial charge is 0.756 e. The minimum absolute atomic E-state index is 0. The molecule has 0 aliphatic carbocycles. The maximum absolute atomic E-state index is 9.95. The molecule has 15 heavy (non-hydrogen) atoms. The zero-order valence-corrected chi connectivity index (χ0v) is 13.6. The third kappa shape index (κ3) is 14.8. The molecule has 0 fully saturated rings. The van der Waals surface area contributed by atoms with Crippen molar-refractivity contribution in [2.75, 3.05) is 28.4 Å². The molecule has 0 unspecified atom stereocenters. The molecule has 0 rings (SSSR count). The van der Waals surface area contributed by atoms with Gasteiger partial charge < -0.3 is 27.9 Å². The van der Waals surface area contributed by atoms with Crippen molar-refractivity contribution in [2.45, 2.75) is 0 Å². The van der Waals surface area contributed by atoms with Crippen molar-refractivity contribution in [1.82, 2.24) is 0 Å². The molecular formula is C4H12O8P2Zn. The van der Waals surface area contributed by atoms with Gasteiger partial charge in [0.15, 0.2) is 0 Å². The molecule has 0 atom stereocenters. The fourth-order valence-electron chi connectivity index (χ4n) is 0.149. The monoisotopic (exact) mass is 314 g/mol. The van der Waals surface area contributed by atoms with Crippen molar-refractivity contribution < 1.29 is 56.5 Å². The van der Waals surface area contributed by atoms with E-state index in [1.54, 1.807) is 0 Å². The van der Waals surface area contributed by atoms with Gasteiger partial charge in [-0.3, -0.25) is 9.13 Å². The topological polar surface area (TPSA) is 117 Å². The Morgan fingerprint density at radius 1 is 0.733 bits per heavy atom. The van der Waals surface area contributed by atoms with E-state index in [0.29, 0.717) is 0 Å².